The Morgan fingerprint density at radius 2 is 1.91 bits per heavy atom. The Bertz CT molecular complexity index is 1190. The molecule has 6 nitrogen and oxygen atoms in total. The number of fused-ring (bicyclic) bond motifs is 1. The van der Waals surface area contributed by atoms with Crippen LogP contribution >= 0.6 is 27.5 Å². The zero-order chi connectivity index (χ0) is 24.1. The molecule has 2 aliphatic heterocycles. The number of nitrogens with one attached hydrogen (secondary N) is 1. The number of halogens is 5. The molecule has 0 aliphatic carbocycles. The number of hydrazine groups is 1. The summed E-state index contributed by atoms with van der Waals surface area (Å²) in [7, 11) is 0. The molecule has 1 fully saturated rings. The average Bonchev–Trinajstić information content (AvgIpc) is 3.15. The second-order valence-corrected chi connectivity index (χ2v) is 9.18. The third-order valence-electron chi connectivity index (χ3n) is 5.91. The Kier molecular flexibility index (Phi) is 6.19. The van der Waals surface area contributed by atoms with Gasteiger partial charge in [-0.05, 0) is 59.5 Å². The molecule has 2 amide bonds. The zero-order valence-electron chi connectivity index (χ0n) is 17.3. The quantitative estimate of drug-likeness (QED) is 0.416. The van der Waals surface area contributed by atoms with Gasteiger partial charge in [0.15, 0.2) is 0 Å². The molecule has 4 rings (SSSR count). The largest absolute Gasteiger partial charge is 0.509 e. The normalized spacial score (nSPS) is 20.9. The van der Waals surface area contributed by atoms with E-state index in [9.17, 15) is 27.9 Å². The van der Waals surface area contributed by atoms with Crippen LogP contribution in [0.1, 0.15) is 25.3 Å². The van der Waals surface area contributed by atoms with Crippen LogP contribution < -0.4 is 5.32 Å². The van der Waals surface area contributed by atoms with E-state index in [4.69, 9.17) is 11.6 Å². The van der Waals surface area contributed by atoms with Gasteiger partial charge in [-0.25, -0.2) is 18.2 Å². The molecule has 0 bridgehead atoms. The molecule has 2 aliphatic rings. The summed E-state index contributed by atoms with van der Waals surface area (Å²) in [5.74, 6) is -4.87. The van der Waals surface area contributed by atoms with E-state index in [1.807, 2.05) is 0 Å². The van der Waals surface area contributed by atoms with Crippen molar-refractivity contribution in [2.75, 3.05) is 11.9 Å². The van der Waals surface area contributed by atoms with Crippen molar-refractivity contribution >= 4 is 45.0 Å². The molecule has 0 radical (unpaired) electrons. The average molecular weight is 545 g/mol. The van der Waals surface area contributed by atoms with Gasteiger partial charge in [0, 0.05) is 12.2 Å². The molecule has 0 spiro atoms. The molecule has 2 N–H and O–H groups in total. The van der Waals surface area contributed by atoms with Crippen LogP contribution in [-0.2, 0) is 16.1 Å². The fourth-order valence-electron chi connectivity index (χ4n) is 4.20. The van der Waals surface area contributed by atoms with Crippen LogP contribution in [0, 0.1) is 17.5 Å². The maximum Gasteiger partial charge on any atom is 0.277 e. The number of benzene rings is 2. The Morgan fingerprint density at radius 1 is 1.24 bits per heavy atom. The number of carbonyl (C=O) groups is 2. The van der Waals surface area contributed by atoms with Gasteiger partial charge in [0.05, 0.1) is 21.6 Å². The van der Waals surface area contributed by atoms with Crippen molar-refractivity contribution in [3.8, 4) is 0 Å². The number of hydrogen-bond acceptors (Lipinski definition) is 4. The van der Waals surface area contributed by atoms with Gasteiger partial charge in [0.2, 0.25) is 0 Å². The first-order valence-electron chi connectivity index (χ1n) is 9.96. The van der Waals surface area contributed by atoms with Crippen molar-refractivity contribution in [2.45, 2.75) is 31.8 Å². The highest BCUT2D eigenvalue weighted by molar-refractivity contribution is 9.10. The van der Waals surface area contributed by atoms with Gasteiger partial charge in [-0.1, -0.05) is 23.7 Å². The Balaban J connectivity index is 1.72. The Hall–Kier alpha value is -2.56. The number of carbonyl (C=O) groups excluding carboxylic acids is 2. The molecule has 1 saturated heterocycles. The lowest BCUT2D eigenvalue weighted by Gasteiger charge is -2.46. The van der Waals surface area contributed by atoms with Crippen molar-refractivity contribution in [1.29, 1.82) is 0 Å². The lowest BCUT2D eigenvalue weighted by molar-refractivity contribution is -0.160. The predicted molar refractivity (Wildman–Crippen MR) is 119 cm³/mol. The van der Waals surface area contributed by atoms with Crippen LogP contribution in [0.5, 0.6) is 0 Å². The number of rotatable bonds is 4. The molecule has 2 aromatic rings. The van der Waals surface area contributed by atoms with Gasteiger partial charge < -0.3 is 10.4 Å². The van der Waals surface area contributed by atoms with Crippen molar-refractivity contribution in [3.05, 3.63) is 74.2 Å². The summed E-state index contributed by atoms with van der Waals surface area (Å²) >= 11 is 8.82. The summed E-state index contributed by atoms with van der Waals surface area (Å²) in [6, 6.07) is 5.95. The molecule has 11 heteroatoms. The number of anilines is 1. The molecular weight excluding hydrogens is 527 g/mol. The van der Waals surface area contributed by atoms with E-state index in [2.05, 4.69) is 21.2 Å². The highest BCUT2D eigenvalue weighted by atomic mass is 79.9. The van der Waals surface area contributed by atoms with Gasteiger partial charge in [0.25, 0.3) is 11.8 Å². The van der Waals surface area contributed by atoms with Crippen molar-refractivity contribution in [2.24, 2.45) is 0 Å². The van der Waals surface area contributed by atoms with Gasteiger partial charge in [-0.3, -0.25) is 14.6 Å². The summed E-state index contributed by atoms with van der Waals surface area (Å²) in [5, 5.41) is 15.9. The summed E-state index contributed by atoms with van der Waals surface area (Å²) in [6.45, 7) is 1.95. The number of aliphatic hydroxyl groups excluding tert-OH is 1. The maximum atomic E-state index is 13.9. The number of nitrogens with zero attached hydrogens (tertiary/aromatic N) is 2. The monoisotopic (exact) mass is 543 g/mol. The Morgan fingerprint density at radius 3 is 2.58 bits per heavy atom. The Labute approximate surface area is 200 Å². The standard InChI is InChI=1S/C22H18BrClF3N3O3/c1-22-6-3-7-30(22)29(10-11-4-2-5-13(25)18(11)24)21(33)16(19(22)31)20(32)28-12-8-14(26)17(23)15(27)9-12/h2,4-5,8-9,31H,3,6-7,10H2,1H3,(H,28,32)/t22-/m1/s1. The first-order chi connectivity index (χ1) is 15.5. The van der Waals surface area contributed by atoms with Gasteiger partial charge in [0.1, 0.15) is 28.8 Å². The minimum atomic E-state index is -1.07. The second kappa shape index (κ2) is 8.66. The highest BCUT2D eigenvalue weighted by Crippen LogP contribution is 2.42. The van der Waals surface area contributed by atoms with Crippen LogP contribution in [0.2, 0.25) is 5.02 Å². The molecule has 2 heterocycles. The third kappa shape index (κ3) is 4.00. The van der Waals surface area contributed by atoms with Gasteiger partial charge in [-0.2, -0.15) is 0 Å². The van der Waals surface area contributed by atoms with E-state index in [-0.39, 0.29) is 17.3 Å². The number of hydrogen-bond donors (Lipinski definition) is 2. The molecule has 1 atom stereocenters. The van der Waals surface area contributed by atoms with Gasteiger partial charge in [-0.15, -0.1) is 0 Å². The highest BCUT2D eigenvalue weighted by Gasteiger charge is 2.52. The first-order valence-corrected chi connectivity index (χ1v) is 11.1. The van der Waals surface area contributed by atoms with Crippen LogP contribution in [0.4, 0.5) is 18.9 Å². The van der Waals surface area contributed by atoms with Crippen molar-refractivity contribution < 1.29 is 27.9 Å². The first kappa shape index (κ1) is 23.6. The molecule has 33 heavy (non-hydrogen) atoms. The van der Waals surface area contributed by atoms with E-state index in [0.717, 1.165) is 12.1 Å². The fraction of sp³-hybridized carbons (Fsp3) is 0.273. The second-order valence-electron chi connectivity index (χ2n) is 8.01. The van der Waals surface area contributed by atoms with Crippen LogP contribution in [-0.4, -0.2) is 39.0 Å². The topological polar surface area (TPSA) is 72.9 Å². The lowest BCUT2D eigenvalue weighted by Crippen LogP contribution is -2.60. The summed E-state index contributed by atoms with van der Waals surface area (Å²) in [4.78, 5) is 26.4. The third-order valence-corrected chi connectivity index (χ3v) is 7.09. The summed E-state index contributed by atoms with van der Waals surface area (Å²) in [5.41, 5.74) is -1.55. The van der Waals surface area contributed by atoms with Crippen molar-refractivity contribution in [1.82, 2.24) is 10.0 Å². The summed E-state index contributed by atoms with van der Waals surface area (Å²) < 4.78 is 41.3. The van der Waals surface area contributed by atoms with Crippen LogP contribution in [0.3, 0.4) is 0 Å². The molecule has 0 saturated carbocycles. The maximum absolute atomic E-state index is 13.9. The molecular formula is C22H18BrClF3N3O3. The lowest BCUT2D eigenvalue weighted by atomic mass is 9.90. The van der Waals surface area contributed by atoms with Crippen LogP contribution in [0.25, 0.3) is 0 Å². The van der Waals surface area contributed by atoms with Crippen molar-refractivity contribution in [3.63, 3.8) is 0 Å². The van der Waals surface area contributed by atoms with Crippen LogP contribution in [0.15, 0.2) is 46.1 Å². The minimum Gasteiger partial charge on any atom is -0.509 e. The SMILES string of the molecule is C[C@]12CCCN1N(Cc1cccc(F)c1Cl)C(=O)C(C(=O)Nc1cc(F)c(Br)c(F)c1)=C2O. The van der Waals surface area contributed by atoms with E-state index >= 15 is 0 Å². The zero-order valence-corrected chi connectivity index (χ0v) is 19.6. The van der Waals surface area contributed by atoms with E-state index in [1.54, 1.807) is 18.0 Å². The van der Waals surface area contributed by atoms with E-state index in [1.165, 1.54) is 17.1 Å². The number of amides is 2. The fourth-order valence-corrected chi connectivity index (χ4v) is 4.62. The van der Waals surface area contributed by atoms with Gasteiger partial charge >= 0.3 is 0 Å². The molecule has 0 unspecified atom stereocenters. The summed E-state index contributed by atoms with van der Waals surface area (Å²) in [6.07, 6.45) is 1.07. The molecule has 174 valence electrons. The van der Waals surface area contributed by atoms with E-state index in [0.29, 0.717) is 24.9 Å². The molecule has 2 aromatic carbocycles. The smallest absolute Gasteiger partial charge is 0.277 e. The number of aliphatic hydroxyl groups is 1. The minimum absolute atomic E-state index is 0.142. The molecule has 0 aromatic heterocycles. The van der Waals surface area contributed by atoms with E-state index < -0.39 is 50.6 Å². The predicted octanol–water partition coefficient (Wildman–Crippen LogP) is 5.08.